The van der Waals surface area contributed by atoms with Gasteiger partial charge in [-0.1, -0.05) is 66.2 Å². The highest BCUT2D eigenvalue weighted by Crippen LogP contribution is 2.05. The zero-order valence-electron chi connectivity index (χ0n) is 7.53. The quantitative estimate of drug-likeness (QED) is 0.400. The summed E-state index contributed by atoms with van der Waals surface area (Å²) in [7, 11) is 0. The lowest BCUT2D eigenvalue weighted by atomic mass is 10.1. The monoisotopic (exact) mass is 158 g/mol. The van der Waals surface area contributed by atoms with Gasteiger partial charge in [-0.2, -0.15) is 0 Å². The zero-order chi connectivity index (χ0) is 6.95. The first-order chi connectivity index (χ1) is 4.41. The lowest BCUT2D eigenvalue weighted by molar-refractivity contribution is 0.602. The molecule has 0 aromatic rings. The van der Waals surface area contributed by atoms with Crippen molar-refractivity contribution in [2.45, 2.75) is 66.2 Å². The first-order valence-electron chi connectivity index (χ1n) is 4.41. The molecule has 0 aliphatic heterocycles. The Bertz CT molecular complexity index is 43.1. The Morgan fingerprint density at radius 2 is 1.00 bits per heavy atom. The lowest BCUT2D eigenvalue weighted by Crippen LogP contribution is -1.76. The molecule has 0 aliphatic carbocycles. The van der Waals surface area contributed by atoms with Gasteiger partial charge in [-0.05, 0) is 0 Å². The summed E-state index contributed by atoms with van der Waals surface area (Å²) < 4.78 is 0. The lowest BCUT2D eigenvalue weighted by Gasteiger charge is -1.96. The van der Waals surface area contributed by atoms with Crippen LogP contribution in [0.15, 0.2) is 0 Å². The first-order valence-corrected chi connectivity index (χ1v) is 4.41. The molecular formula is C10H26B. The average molecular weight is 158 g/mol. The van der Waals surface area contributed by atoms with E-state index in [4.69, 9.17) is 0 Å². The van der Waals surface area contributed by atoms with Gasteiger partial charge in [-0.15, -0.1) is 0 Å². The molecule has 0 bridgehead atoms. The summed E-state index contributed by atoms with van der Waals surface area (Å²) >= 11 is 0. The number of hydrogen-bond donors (Lipinski definition) is 0. The van der Waals surface area contributed by atoms with Crippen molar-refractivity contribution in [1.29, 1.82) is 0 Å². The average Bonchev–Trinajstić information content (AvgIpc) is 1.89. The van der Waals surface area contributed by atoms with E-state index in [0.29, 0.717) is 0 Å². The van der Waals surface area contributed by atoms with Crippen molar-refractivity contribution in [2.75, 3.05) is 0 Å². The molecule has 0 nitrogen and oxygen atoms in total. The minimum atomic E-state index is 0. The van der Waals surface area contributed by atoms with E-state index in [0.717, 1.165) is 0 Å². The maximum Gasteiger partial charge on any atom is 0 e. The Labute approximate surface area is 76.8 Å². The molecular weight excluding hydrogens is 131 g/mol. The predicted molar refractivity (Wildman–Crippen MR) is 58.3 cm³/mol. The standard InChI is InChI=1S/C9H20.CH4.B.H2/c1-3-5-7-9-8-6-4-2;;;/h3-9H2,1-2H3;1H4;;1H/i;;;1+1. The Morgan fingerprint density at radius 1 is 0.727 bits per heavy atom. The zero-order valence-corrected chi connectivity index (χ0v) is 7.53. The van der Waals surface area contributed by atoms with Crippen LogP contribution in [-0.4, -0.2) is 8.41 Å². The van der Waals surface area contributed by atoms with Crippen LogP contribution in [0.25, 0.3) is 0 Å². The van der Waals surface area contributed by atoms with Crippen LogP contribution in [0.5, 0.6) is 0 Å². The van der Waals surface area contributed by atoms with Gasteiger partial charge in [0.1, 0.15) is 0 Å². The van der Waals surface area contributed by atoms with Gasteiger partial charge in [0.25, 0.3) is 0 Å². The van der Waals surface area contributed by atoms with Gasteiger partial charge < -0.3 is 0 Å². The van der Waals surface area contributed by atoms with Gasteiger partial charge in [0.15, 0.2) is 0 Å². The Balaban J connectivity index is -0.000000107. The third-order valence-electron chi connectivity index (χ3n) is 1.71. The van der Waals surface area contributed by atoms with Gasteiger partial charge in [-0.3, -0.25) is 0 Å². The number of rotatable bonds is 6. The van der Waals surface area contributed by atoms with E-state index in [-0.39, 0.29) is 17.3 Å². The molecule has 0 spiro atoms. The van der Waals surface area contributed by atoms with Gasteiger partial charge in [-0.25, -0.2) is 0 Å². The summed E-state index contributed by atoms with van der Waals surface area (Å²) in [6, 6.07) is 0. The Morgan fingerprint density at radius 3 is 1.27 bits per heavy atom. The van der Waals surface area contributed by atoms with E-state index in [1.54, 1.807) is 0 Å². The van der Waals surface area contributed by atoms with Crippen LogP contribution in [0.3, 0.4) is 0 Å². The molecule has 0 fully saturated rings. The third-order valence-corrected chi connectivity index (χ3v) is 1.71. The first kappa shape index (κ1) is 17.2. The topological polar surface area (TPSA) is 0 Å². The fourth-order valence-corrected chi connectivity index (χ4v) is 1.03. The molecule has 0 aliphatic rings. The summed E-state index contributed by atoms with van der Waals surface area (Å²) in [4.78, 5) is 0. The van der Waals surface area contributed by atoms with E-state index < -0.39 is 0 Å². The van der Waals surface area contributed by atoms with Gasteiger partial charge >= 0.3 is 0 Å². The van der Waals surface area contributed by atoms with Crippen molar-refractivity contribution in [3.63, 3.8) is 0 Å². The van der Waals surface area contributed by atoms with Crippen LogP contribution in [0.2, 0.25) is 0 Å². The summed E-state index contributed by atoms with van der Waals surface area (Å²) in [5, 5.41) is 0. The molecule has 69 valence electrons. The molecule has 11 heavy (non-hydrogen) atoms. The van der Waals surface area contributed by atoms with Crippen LogP contribution in [0.1, 0.15) is 67.6 Å². The van der Waals surface area contributed by atoms with E-state index in [1.807, 2.05) is 0 Å². The molecule has 0 unspecified atom stereocenters. The Kier molecular flexibility index (Phi) is 26.0. The SMILES string of the molecule is C.CCCCCCCCC.[2HH].[B]. The molecule has 0 aromatic carbocycles. The summed E-state index contributed by atoms with van der Waals surface area (Å²) in [6.45, 7) is 4.53. The van der Waals surface area contributed by atoms with Gasteiger partial charge in [0.05, 0.1) is 0 Å². The maximum absolute atomic E-state index is 2.26. The molecule has 0 saturated heterocycles. The smallest absolute Gasteiger partial charge is 0 e. The highest BCUT2D eigenvalue weighted by molar-refractivity contribution is 5.75. The molecule has 1 heteroatoms. The predicted octanol–water partition coefficient (Wildman–Crippen LogP) is 4.26. The molecule has 0 amide bonds. The van der Waals surface area contributed by atoms with Crippen molar-refractivity contribution in [2.24, 2.45) is 0 Å². The van der Waals surface area contributed by atoms with Gasteiger partial charge in [0.2, 0.25) is 0 Å². The molecule has 0 aromatic heterocycles. The second-order valence-electron chi connectivity index (χ2n) is 2.77. The summed E-state index contributed by atoms with van der Waals surface area (Å²) in [5.41, 5.74) is 0. The van der Waals surface area contributed by atoms with Crippen LogP contribution in [-0.2, 0) is 0 Å². The van der Waals surface area contributed by atoms with Crippen LogP contribution >= 0.6 is 0 Å². The van der Waals surface area contributed by atoms with Gasteiger partial charge in [0, 0.05) is 9.84 Å². The maximum atomic E-state index is 2.26. The second-order valence-corrected chi connectivity index (χ2v) is 2.77. The fraction of sp³-hybridized carbons (Fsp3) is 1.00. The number of hydrogen-bond acceptors (Lipinski definition) is 0. The normalized spacial score (nSPS) is 8.18. The highest BCUT2D eigenvalue weighted by atomic mass is 13.9. The Hall–Kier alpha value is 0.0649. The van der Waals surface area contributed by atoms with Crippen LogP contribution in [0.4, 0.5) is 0 Å². The summed E-state index contributed by atoms with van der Waals surface area (Å²) in [6.07, 6.45) is 9.97. The molecule has 0 rings (SSSR count). The molecule has 0 saturated carbocycles. The van der Waals surface area contributed by atoms with Crippen LogP contribution in [0, 0.1) is 0 Å². The van der Waals surface area contributed by atoms with Crippen molar-refractivity contribution in [3.05, 3.63) is 0 Å². The highest BCUT2D eigenvalue weighted by Gasteiger charge is 1.85. The second kappa shape index (κ2) is 16.6. The van der Waals surface area contributed by atoms with E-state index in [2.05, 4.69) is 13.8 Å². The van der Waals surface area contributed by atoms with E-state index >= 15 is 0 Å². The van der Waals surface area contributed by atoms with Crippen molar-refractivity contribution in [3.8, 4) is 0 Å². The molecule has 3 radical (unpaired) electrons. The molecule has 0 atom stereocenters. The minimum Gasteiger partial charge on any atom is -0.0776 e. The van der Waals surface area contributed by atoms with E-state index in [1.165, 1.54) is 44.9 Å². The minimum absolute atomic E-state index is 0. The molecule has 0 heterocycles. The van der Waals surface area contributed by atoms with Crippen molar-refractivity contribution < 1.29 is 1.43 Å². The molecule has 0 N–H and O–H groups in total. The van der Waals surface area contributed by atoms with E-state index in [9.17, 15) is 0 Å². The van der Waals surface area contributed by atoms with Crippen molar-refractivity contribution >= 4 is 8.41 Å². The summed E-state index contributed by atoms with van der Waals surface area (Å²) in [5.74, 6) is 0. The third kappa shape index (κ3) is 17.8. The van der Waals surface area contributed by atoms with Crippen molar-refractivity contribution in [1.82, 2.24) is 0 Å². The van der Waals surface area contributed by atoms with Crippen LogP contribution < -0.4 is 0 Å². The largest absolute Gasteiger partial charge is 0.0776 e. The fourth-order valence-electron chi connectivity index (χ4n) is 1.03. The number of unbranched alkanes of at least 4 members (excludes halogenated alkanes) is 6.